The van der Waals surface area contributed by atoms with E-state index >= 15 is 0 Å². The van der Waals surface area contributed by atoms with Crippen molar-refractivity contribution in [3.63, 3.8) is 0 Å². The molecule has 0 fully saturated rings. The largest absolute Gasteiger partial charge is 3.00 e. The maximum absolute atomic E-state index is 11.4. The first-order valence-corrected chi connectivity index (χ1v) is 13.1. The summed E-state index contributed by atoms with van der Waals surface area (Å²) in [4.78, 5) is 31.9. The minimum absolute atomic E-state index is 0. The Labute approximate surface area is 203 Å². The molecule has 3 aromatic carbocycles. The molecule has 3 rings (SSSR count). The van der Waals surface area contributed by atoms with Crippen molar-refractivity contribution in [1.29, 1.82) is 0 Å². The molecule has 0 N–H and O–H groups in total. The van der Waals surface area contributed by atoms with Crippen LogP contribution in [0.4, 0.5) is 13.6 Å². The van der Waals surface area contributed by atoms with Crippen LogP contribution in [-0.2, 0) is 27.9 Å². The molecule has 0 saturated heterocycles. The molecule has 0 saturated carbocycles. The van der Waals surface area contributed by atoms with Gasteiger partial charge in [0.25, 0.3) is 0 Å². The van der Waals surface area contributed by atoms with Crippen LogP contribution in [0.25, 0.3) is 0 Å². The van der Waals surface area contributed by atoms with Crippen LogP contribution in [0.3, 0.4) is 0 Å². The number of hydrogen-bond acceptors (Lipinski definition) is 9. The van der Waals surface area contributed by atoms with Crippen molar-refractivity contribution in [1.82, 2.24) is 0 Å². The molecule has 0 aromatic heterocycles. The Bertz CT molecular complexity index is 971. The molecule has 0 aliphatic heterocycles. The van der Waals surface area contributed by atoms with Crippen molar-refractivity contribution < 1.29 is 56.1 Å². The third kappa shape index (κ3) is 10.8. The van der Waals surface area contributed by atoms with Gasteiger partial charge in [-0.1, -0.05) is 91.0 Å². The fourth-order valence-corrected chi connectivity index (χ4v) is 3.80. The predicted molar refractivity (Wildman–Crippen MR) is 113 cm³/mol. The topological polar surface area (TPSA) is 148 Å². The maximum atomic E-state index is 11.4. The van der Waals surface area contributed by atoms with Gasteiger partial charge in [0.05, 0.1) is 0 Å². The second-order valence-electron chi connectivity index (χ2n) is 5.71. The van der Waals surface area contributed by atoms with E-state index in [1.165, 1.54) is 72.8 Å². The van der Waals surface area contributed by atoms with Gasteiger partial charge in [0.2, 0.25) is 22.8 Å². The van der Waals surface area contributed by atoms with E-state index in [1.54, 1.807) is 18.2 Å². The van der Waals surface area contributed by atoms with Gasteiger partial charge in [-0.05, 0) is 13.6 Å². The van der Waals surface area contributed by atoms with Crippen LogP contribution >= 0.6 is 22.8 Å². The van der Waals surface area contributed by atoms with Gasteiger partial charge in [-0.25, -0.2) is 0 Å². The van der Waals surface area contributed by atoms with Crippen LogP contribution in [0.1, 0.15) is 0 Å². The minimum Gasteiger partial charge on any atom is -0.773 e. The average Bonchev–Trinajstić information content (AvgIpc) is 2.86. The van der Waals surface area contributed by atoms with Crippen LogP contribution in [-0.4, -0.2) is 17.4 Å². The van der Waals surface area contributed by atoms with Crippen molar-refractivity contribution in [2.24, 2.45) is 0 Å². The zero-order chi connectivity index (χ0) is 25.0. The Balaban J connectivity index is 0.000000473. The summed E-state index contributed by atoms with van der Waals surface area (Å²) in [7, 11) is -13.3. The van der Waals surface area contributed by atoms with Crippen LogP contribution in [0.5, 0.6) is 0 Å². The zero-order valence-corrected chi connectivity index (χ0v) is 20.7. The van der Waals surface area contributed by atoms with Crippen molar-refractivity contribution in [2.45, 2.75) is 0 Å². The number of benzene rings is 3. The van der Waals surface area contributed by atoms with Gasteiger partial charge in [0.1, 0.15) is 0 Å². The molecule has 3 unspecified atom stereocenters. The molecule has 9 nitrogen and oxygen atoms in total. The zero-order valence-electron chi connectivity index (χ0n) is 16.9. The van der Waals surface area contributed by atoms with Crippen molar-refractivity contribution in [2.75, 3.05) is 0 Å². The summed E-state index contributed by atoms with van der Waals surface area (Å²) in [5.41, 5.74) is 0. The van der Waals surface area contributed by atoms with E-state index in [9.17, 15) is 42.0 Å². The summed E-state index contributed by atoms with van der Waals surface area (Å²) in [6.07, 6.45) is 0. The quantitative estimate of drug-likeness (QED) is 0.330. The van der Waals surface area contributed by atoms with E-state index in [4.69, 9.17) is 0 Å². The Morgan fingerprint density at radius 2 is 0.647 bits per heavy atom. The van der Waals surface area contributed by atoms with Gasteiger partial charge >= 0.3 is 17.4 Å². The Kier molecular flexibility index (Phi) is 14.7. The monoisotopic (exact) mass is 552 g/mol. The van der Waals surface area contributed by atoms with Gasteiger partial charge in [-0.15, -0.1) is 14.2 Å². The standard InChI is InChI=1S/3C6H6FO3P.Al/c3*7-10-11(8,9)6-4-2-1-3-5-6;/h3*1-5H,(H,8,9);/q;;;+3/p-3. The van der Waals surface area contributed by atoms with Gasteiger partial charge in [-0.3, -0.25) is 0 Å². The number of halogens is 3. The SMILES string of the molecule is O=P([O-])(OF)c1ccccc1.O=P([O-])(OF)c1ccccc1.O=P([O-])(OF)c1ccccc1.[Al+3]. The van der Waals surface area contributed by atoms with Gasteiger partial charge in [0, 0.05) is 15.9 Å². The summed E-state index contributed by atoms with van der Waals surface area (Å²) in [6.45, 7) is 0. The van der Waals surface area contributed by atoms with Crippen molar-refractivity contribution in [3.05, 3.63) is 91.0 Å². The number of rotatable bonds is 6. The molecule has 3 aromatic rings. The summed E-state index contributed by atoms with van der Waals surface area (Å²) in [5.74, 6) is 0. The smallest absolute Gasteiger partial charge is 0.773 e. The van der Waals surface area contributed by atoms with Crippen LogP contribution in [0.15, 0.2) is 91.0 Å². The third-order valence-electron chi connectivity index (χ3n) is 3.49. The first-order valence-electron chi connectivity index (χ1n) is 8.51. The first-order chi connectivity index (χ1) is 15.5. The van der Waals surface area contributed by atoms with Gasteiger partial charge in [0.15, 0.2) is 0 Å². The first kappa shape index (κ1) is 32.4. The normalized spacial score (nSPS) is 15.4. The minimum atomic E-state index is -4.44. The average molecular weight is 552 g/mol. The molecular weight excluding hydrogens is 537 g/mol. The predicted octanol–water partition coefficient (Wildman–Crippen LogP) is 1.92. The molecule has 0 heterocycles. The Morgan fingerprint density at radius 3 is 0.794 bits per heavy atom. The molecule has 180 valence electrons. The molecule has 0 amide bonds. The molecule has 16 heteroatoms. The molecule has 3 atom stereocenters. The molecule has 0 aliphatic carbocycles. The second-order valence-corrected chi connectivity index (χ2v) is 10.7. The molecule has 0 aliphatic rings. The molecular formula is C18H15AlF3O9P3. The second kappa shape index (κ2) is 15.4. The van der Waals surface area contributed by atoms with Crippen LogP contribution in [0, 0.1) is 0 Å². The summed E-state index contributed by atoms with van der Waals surface area (Å²) in [6, 6.07) is 21.3. The maximum Gasteiger partial charge on any atom is 3.00 e. The fourth-order valence-electron chi connectivity index (χ4n) is 1.95. The summed E-state index contributed by atoms with van der Waals surface area (Å²) in [5, 5.41) is -0.493. The van der Waals surface area contributed by atoms with Gasteiger partial charge in [-0.2, -0.15) is 0 Å². The summed E-state index contributed by atoms with van der Waals surface area (Å²) < 4.78 is 74.5. The Morgan fingerprint density at radius 1 is 0.471 bits per heavy atom. The van der Waals surface area contributed by atoms with E-state index in [0.29, 0.717) is 0 Å². The fraction of sp³-hybridized carbons (Fsp3) is 0. The number of hydrogen-bond donors (Lipinski definition) is 0. The third-order valence-corrected chi connectivity index (χ3v) is 6.83. The summed E-state index contributed by atoms with van der Waals surface area (Å²) >= 11 is 0. The van der Waals surface area contributed by atoms with Crippen molar-refractivity contribution in [3.8, 4) is 0 Å². The van der Waals surface area contributed by atoms with Gasteiger partial charge < -0.3 is 28.4 Å². The van der Waals surface area contributed by atoms with Crippen LogP contribution < -0.4 is 30.6 Å². The molecule has 0 radical (unpaired) electrons. The van der Waals surface area contributed by atoms with E-state index in [0.717, 1.165) is 0 Å². The molecule has 0 bridgehead atoms. The van der Waals surface area contributed by atoms with E-state index in [2.05, 4.69) is 14.2 Å². The van der Waals surface area contributed by atoms with Crippen LogP contribution in [0.2, 0.25) is 0 Å². The van der Waals surface area contributed by atoms with E-state index in [1.807, 2.05) is 0 Å². The van der Waals surface area contributed by atoms with Crippen molar-refractivity contribution >= 4 is 56.1 Å². The Hall–Kier alpha value is -1.57. The molecule has 0 spiro atoms. The van der Waals surface area contributed by atoms with E-state index in [-0.39, 0.29) is 33.3 Å². The van der Waals surface area contributed by atoms with E-state index < -0.39 is 22.8 Å². The molecule has 34 heavy (non-hydrogen) atoms.